The third kappa shape index (κ3) is 2.27. The molecular formula is C16H13F2N3. The average Bonchev–Trinajstić information content (AvgIpc) is 2.82. The number of H-pyrrole nitrogens is 1. The first-order chi connectivity index (χ1) is 10.1. The Hall–Kier alpha value is -2.69. The van der Waals surface area contributed by atoms with Crippen molar-refractivity contribution in [2.75, 3.05) is 5.73 Å². The molecule has 0 bridgehead atoms. The summed E-state index contributed by atoms with van der Waals surface area (Å²) in [5.74, 6) is -1.12. The van der Waals surface area contributed by atoms with Crippen LogP contribution in [-0.4, -0.2) is 10.2 Å². The van der Waals surface area contributed by atoms with Gasteiger partial charge in [-0.25, -0.2) is 8.78 Å². The Kier molecular flexibility index (Phi) is 3.17. The van der Waals surface area contributed by atoms with E-state index < -0.39 is 11.6 Å². The average molecular weight is 285 g/mol. The van der Waals surface area contributed by atoms with E-state index in [4.69, 9.17) is 5.73 Å². The molecule has 3 nitrogen and oxygen atoms in total. The van der Waals surface area contributed by atoms with Gasteiger partial charge in [-0.1, -0.05) is 35.9 Å². The molecular weight excluding hydrogens is 272 g/mol. The number of nitrogens with two attached hydrogens (primary N) is 1. The van der Waals surface area contributed by atoms with Crippen LogP contribution in [0, 0.1) is 18.6 Å². The lowest BCUT2D eigenvalue weighted by atomic mass is 9.99. The maximum atomic E-state index is 14.0. The number of halogens is 2. The predicted molar refractivity (Wildman–Crippen MR) is 78.5 cm³/mol. The molecule has 0 aliphatic rings. The molecule has 5 heteroatoms. The van der Waals surface area contributed by atoms with Crippen LogP contribution in [0.1, 0.15) is 5.56 Å². The number of nitrogen functional groups attached to an aromatic ring is 1. The second-order valence-corrected chi connectivity index (χ2v) is 4.82. The molecule has 1 aromatic heterocycles. The highest BCUT2D eigenvalue weighted by Crippen LogP contribution is 2.36. The smallest absolute Gasteiger partial charge is 0.153 e. The number of benzene rings is 2. The minimum atomic E-state index is -0.660. The fourth-order valence-electron chi connectivity index (χ4n) is 2.29. The van der Waals surface area contributed by atoms with Crippen LogP contribution in [0.3, 0.4) is 0 Å². The standard InChI is InChI=1S/C16H13F2N3/c1-9-5-7-10(8-6-9)13-15(20-21-16(13)19)14-11(17)3-2-4-12(14)18/h2-8H,1H3,(H3,19,20,21). The van der Waals surface area contributed by atoms with Gasteiger partial charge in [-0.2, -0.15) is 5.10 Å². The molecule has 1 heterocycles. The zero-order valence-electron chi connectivity index (χ0n) is 11.3. The highest BCUT2D eigenvalue weighted by Gasteiger charge is 2.20. The summed E-state index contributed by atoms with van der Waals surface area (Å²) in [6.07, 6.45) is 0. The minimum Gasteiger partial charge on any atom is -0.382 e. The van der Waals surface area contributed by atoms with Gasteiger partial charge in [0.25, 0.3) is 0 Å². The monoisotopic (exact) mass is 285 g/mol. The SMILES string of the molecule is Cc1ccc(-c2c(N)n[nH]c2-c2c(F)cccc2F)cc1. The van der Waals surface area contributed by atoms with Crippen molar-refractivity contribution < 1.29 is 8.78 Å². The van der Waals surface area contributed by atoms with E-state index in [1.54, 1.807) is 0 Å². The second kappa shape index (κ2) is 5.01. The molecule has 0 aliphatic heterocycles. The van der Waals surface area contributed by atoms with Gasteiger partial charge in [-0.15, -0.1) is 0 Å². The Morgan fingerprint density at radius 2 is 1.57 bits per heavy atom. The quantitative estimate of drug-likeness (QED) is 0.750. The van der Waals surface area contributed by atoms with Crippen molar-refractivity contribution in [1.82, 2.24) is 10.2 Å². The summed E-state index contributed by atoms with van der Waals surface area (Å²) in [5, 5.41) is 6.52. The fraction of sp³-hybridized carbons (Fsp3) is 0.0625. The summed E-state index contributed by atoms with van der Waals surface area (Å²) in [6, 6.07) is 11.2. The van der Waals surface area contributed by atoms with Crippen molar-refractivity contribution in [3.8, 4) is 22.4 Å². The van der Waals surface area contributed by atoms with Crippen molar-refractivity contribution in [3.63, 3.8) is 0 Å². The normalized spacial score (nSPS) is 10.8. The number of hydrogen-bond acceptors (Lipinski definition) is 2. The summed E-state index contributed by atoms with van der Waals surface area (Å²) in [6.45, 7) is 1.96. The lowest BCUT2D eigenvalue weighted by molar-refractivity contribution is 0.588. The second-order valence-electron chi connectivity index (χ2n) is 4.82. The minimum absolute atomic E-state index is 0.155. The number of hydrogen-bond donors (Lipinski definition) is 2. The van der Waals surface area contributed by atoms with Crippen LogP contribution in [-0.2, 0) is 0 Å². The number of aromatic nitrogens is 2. The van der Waals surface area contributed by atoms with Crippen LogP contribution < -0.4 is 5.73 Å². The van der Waals surface area contributed by atoms with Crippen molar-refractivity contribution in [2.24, 2.45) is 0 Å². The first-order valence-corrected chi connectivity index (χ1v) is 6.43. The van der Waals surface area contributed by atoms with E-state index in [9.17, 15) is 8.78 Å². The Morgan fingerprint density at radius 1 is 0.952 bits per heavy atom. The molecule has 0 aliphatic carbocycles. The molecule has 3 rings (SSSR count). The van der Waals surface area contributed by atoms with Gasteiger partial charge in [0.05, 0.1) is 16.8 Å². The zero-order chi connectivity index (χ0) is 15.0. The summed E-state index contributed by atoms with van der Waals surface area (Å²) < 4.78 is 28.0. The summed E-state index contributed by atoms with van der Waals surface area (Å²) >= 11 is 0. The van der Waals surface area contributed by atoms with Crippen molar-refractivity contribution in [2.45, 2.75) is 6.92 Å². The molecule has 0 radical (unpaired) electrons. The molecule has 0 fully saturated rings. The van der Waals surface area contributed by atoms with E-state index in [2.05, 4.69) is 10.2 Å². The van der Waals surface area contributed by atoms with Gasteiger partial charge < -0.3 is 5.73 Å². The van der Waals surface area contributed by atoms with Crippen LogP contribution in [0.4, 0.5) is 14.6 Å². The molecule has 3 aromatic rings. The lowest BCUT2D eigenvalue weighted by Crippen LogP contribution is -1.93. The number of rotatable bonds is 2. The molecule has 21 heavy (non-hydrogen) atoms. The van der Waals surface area contributed by atoms with E-state index in [1.807, 2.05) is 31.2 Å². The molecule has 0 saturated carbocycles. The van der Waals surface area contributed by atoms with Crippen LogP contribution in [0.2, 0.25) is 0 Å². The van der Waals surface area contributed by atoms with E-state index in [1.165, 1.54) is 18.2 Å². The van der Waals surface area contributed by atoms with Gasteiger partial charge in [-0.05, 0) is 24.6 Å². The van der Waals surface area contributed by atoms with Gasteiger partial charge in [0, 0.05) is 0 Å². The van der Waals surface area contributed by atoms with Crippen LogP contribution in [0.5, 0.6) is 0 Å². The maximum absolute atomic E-state index is 14.0. The summed E-state index contributed by atoms with van der Waals surface area (Å²) in [7, 11) is 0. The first kappa shape index (κ1) is 13.3. The molecule has 3 N–H and O–H groups in total. The number of aryl methyl sites for hydroxylation is 1. The molecule has 2 aromatic carbocycles. The van der Waals surface area contributed by atoms with Crippen molar-refractivity contribution >= 4 is 5.82 Å². The number of aromatic amines is 1. The van der Waals surface area contributed by atoms with E-state index >= 15 is 0 Å². The van der Waals surface area contributed by atoms with Crippen molar-refractivity contribution in [3.05, 3.63) is 59.7 Å². The highest BCUT2D eigenvalue weighted by molar-refractivity contribution is 5.88. The Bertz CT molecular complexity index is 772. The third-order valence-electron chi connectivity index (χ3n) is 3.35. The molecule has 0 saturated heterocycles. The Labute approximate surface area is 120 Å². The molecule has 0 unspecified atom stereocenters. The fourth-order valence-corrected chi connectivity index (χ4v) is 2.29. The van der Waals surface area contributed by atoms with E-state index in [0.29, 0.717) is 5.56 Å². The number of nitrogens with one attached hydrogen (secondary N) is 1. The third-order valence-corrected chi connectivity index (χ3v) is 3.35. The maximum Gasteiger partial charge on any atom is 0.153 e. The van der Waals surface area contributed by atoms with Gasteiger partial charge in [-0.3, -0.25) is 5.10 Å². The predicted octanol–water partition coefficient (Wildman–Crippen LogP) is 3.91. The lowest BCUT2D eigenvalue weighted by Gasteiger charge is -2.07. The van der Waals surface area contributed by atoms with Crippen LogP contribution >= 0.6 is 0 Å². The van der Waals surface area contributed by atoms with Crippen LogP contribution in [0.15, 0.2) is 42.5 Å². The van der Waals surface area contributed by atoms with Gasteiger partial charge >= 0.3 is 0 Å². The molecule has 106 valence electrons. The molecule has 0 amide bonds. The van der Waals surface area contributed by atoms with Gasteiger partial charge in [0.2, 0.25) is 0 Å². The number of nitrogens with zero attached hydrogens (tertiary/aromatic N) is 1. The van der Waals surface area contributed by atoms with Gasteiger partial charge in [0.1, 0.15) is 11.6 Å². The summed E-state index contributed by atoms with van der Waals surface area (Å²) in [5.41, 5.74) is 8.28. The van der Waals surface area contributed by atoms with Crippen LogP contribution in [0.25, 0.3) is 22.4 Å². The first-order valence-electron chi connectivity index (χ1n) is 6.43. The zero-order valence-corrected chi connectivity index (χ0v) is 11.3. The van der Waals surface area contributed by atoms with Crippen molar-refractivity contribution in [1.29, 1.82) is 0 Å². The van der Waals surface area contributed by atoms with Gasteiger partial charge in [0.15, 0.2) is 5.82 Å². The topological polar surface area (TPSA) is 54.7 Å². The molecule has 0 atom stereocenters. The largest absolute Gasteiger partial charge is 0.382 e. The van der Waals surface area contributed by atoms with E-state index in [0.717, 1.165) is 11.1 Å². The highest BCUT2D eigenvalue weighted by atomic mass is 19.1. The molecule has 0 spiro atoms. The van der Waals surface area contributed by atoms with E-state index in [-0.39, 0.29) is 17.1 Å². The number of anilines is 1. The Morgan fingerprint density at radius 3 is 2.19 bits per heavy atom. The summed E-state index contributed by atoms with van der Waals surface area (Å²) in [4.78, 5) is 0. The Balaban J connectivity index is 2.24.